The highest BCUT2D eigenvalue weighted by atomic mass is 35.5. The van der Waals surface area contributed by atoms with Crippen LogP contribution in [0, 0.1) is 0 Å². The molecule has 1 aliphatic rings. The Bertz CT molecular complexity index is 366. The van der Waals surface area contributed by atoms with Crippen molar-refractivity contribution in [3.8, 4) is 0 Å². The molecule has 0 fully saturated rings. The van der Waals surface area contributed by atoms with E-state index in [2.05, 4.69) is 16.8 Å². The van der Waals surface area contributed by atoms with Crippen molar-refractivity contribution in [3.63, 3.8) is 0 Å². The van der Waals surface area contributed by atoms with Crippen LogP contribution in [0.25, 0.3) is 0 Å². The molecule has 2 N–H and O–H groups in total. The van der Waals surface area contributed by atoms with Crippen LogP contribution in [0.15, 0.2) is 0 Å². The predicted molar refractivity (Wildman–Crippen MR) is 62.5 cm³/mol. The normalized spacial score (nSPS) is 15.5. The standard InChI is InChI=1S/C9H13N3OS.ClH/c1-2-12-4-3-6-7(5-12)14-9(11-6)8(10)13;/h2-5H2,1H3,(H2,10,13);1H. The van der Waals surface area contributed by atoms with Crippen LogP contribution in [0.4, 0.5) is 0 Å². The number of hydrogen-bond acceptors (Lipinski definition) is 4. The summed E-state index contributed by atoms with van der Waals surface area (Å²) in [5.74, 6) is -0.410. The summed E-state index contributed by atoms with van der Waals surface area (Å²) in [5.41, 5.74) is 6.25. The van der Waals surface area contributed by atoms with Crippen molar-refractivity contribution >= 4 is 29.7 Å². The Morgan fingerprint density at radius 2 is 2.40 bits per heavy atom. The third-order valence-electron chi connectivity index (χ3n) is 2.47. The average Bonchev–Trinajstić information content (AvgIpc) is 2.59. The molecule has 0 saturated carbocycles. The quantitative estimate of drug-likeness (QED) is 0.850. The lowest BCUT2D eigenvalue weighted by Gasteiger charge is -2.23. The third-order valence-corrected chi connectivity index (χ3v) is 3.57. The molecule has 1 aromatic heterocycles. The fourth-order valence-corrected chi connectivity index (χ4v) is 2.63. The van der Waals surface area contributed by atoms with Gasteiger partial charge in [-0.25, -0.2) is 4.98 Å². The van der Waals surface area contributed by atoms with Crippen molar-refractivity contribution < 1.29 is 4.79 Å². The fourth-order valence-electron chi connectivity index (χ4n) is 1.62. The number of halogens is 1. The fraction of sp³-hybridized carbons (Fsp3) is 0.556. The van der Waals surface area contributed by atoms with Crippen LogP contribution in [0.1, 0.15) is 27.3 Å². The number of aromatic nitrogens is 1. The summed E-state index contributed by atoms with van der Waals surface area (Å²) in [6.45, 7) is 5.13. The van der Waals surface area contributed by atoms with Crippen molar-refractivity contribution in [2.75, 3.05) is 13.1 Å². The lowest BCUT2D eigenvalue weighted by atomic mass is 10.2. The minimum Gasteiger partial charge on any atom is -0.364 e. The number of thiazole rings is 1. The molecule has 0 aromatic carbocycles. The number of nitrogens with two attached hydrogens (primary N) is 1. The van der Waals surface area contributed by atoms with Crippen LogP contribution in [0.3, 0.4) is 0 Å². The van der Waals surface area contributed by atoms with Gasteiger partial charge in [0.1, 0.15) is 0 Å². The summed E-state index contributed by atoms with van der Waals surface area (Å²) in [6, 6.07) is 0. The number of carbonyl (C=O) groups excluding carboxylic acids is 1. The molecule has 6 heteroatoms. The molecule has 15 heavy (non-hydrogen) atoms. The van der Waals surface area contributed by atoms with Gasteiger partial charge in [0.05, 0.1) is 5.69 Å². The van der Waals surface area contributed by atoms with Gasteiger partial charge < -0.3 is 5.73 Å². The first kappa shape index (κ1) is 12.4. The van der Waals surface area contributed by atoms with Crippen molar-refractivity contribution in [1.29, 1.82) is 0 Å². The molecule has 1 aromatic rings. The molecule has 0 unspecified atom stereocenters. The Balaban J connectivity index is 0.00000112. The molecule has 1 aliphatic heterocycles. The van der Waals surface area contributed by atoms with E-state index in [1.807, 2.05) is 0 Å². The van der Waals surface area contributed by atoms with Crippen molar-refractivity contribution in [1.82, 2.24) is 9.88 Å². The Hall–Kier alpha value is -0.650. The Morgan fingerprint density at radius 1 is 1.67 bits per heavy atom. The number of fused-ring (bicyclic) bond motifs is 1. The maximum Gasteiger partial charge on any atom is 0.277 e. The van der Waals surface area contributed by atoms with E-state index >= 15 is 0 Å². The van der Waals surface area contributed by atoms with Gasteiger partial charge in [0.25, 0.3) is 5.91 Å². The number of likely N-dealkylation sites (N-methyl/N-ethyl adjacent to an activating group) is 1. The lowest BCUT2D eigenvalue weighted by molar-refractivity contribution is 0.0999. The largest absolute Gasteiger partial charge is 0.364 e. The minimum absolute atomic E-state index is 0. The van der Waals surface area contributed by atoms with Crippen molar-refractivity contribution in [2.24, 2.45) is 5.73 Å². The van der Waals surface area contributed by atoms with Crippen LogP contribution in [0.2, 0.25) is 0 Å². The number of carbonyl (C=O) groups is 1. The van der Waals surface area contributed by atoms with Gasteiger partial charge in [-0.15, -0.1) is 23.7 Å². The van der Waals surface area contributed by atoms with Gasteiger partial charge in [-0.05, 0) is 6.54 Å². The zero-order valence-corrected chi connectivity index (χ0v) is 10.2. The Labute approximate surface area is 98.9 Å². The highest BCUT2D eigenvalue weighted by Gasteiger charge is 2.20. The molecule has 4 nitrogen and oxygen atoms in total. The molecule has 0 radical (unpaired) electrons. The van der Waals surface area contributed by atoms with E-state index in [1.54, 1.807) is 0 Å². The lowest BCUT2D eigenvalue weighted by Crippen LogP contribution is -2.29. The van der Waals surface area contributed by atoms with E-state index in [-0.39, 0.29) is 12.4 Å². The highest BCUT2D eigenvalue weighted by molar-refractivity contribution is 7.13. The van der Waals surface area contributed by atoms with Crippen molar-refractivity contribution in [3.05, 3.63) is 15.6 Å². The number of amides is 1. The zero-order valence-electron chi connectivity index (χ0n) is 8.52. The Kier molecular flexibility index (Phi) is 4.07. The SMILES string of the molecule is CCN1CCc2nc(C(N)=O)sc2C1.Cl. The van der Waals surface area contributed by atoms with Gasteiger partial charge in [-0.3, -0.25) is 9.69 Å². The van der Waals surface area contributed by atoms with E-state index < -0.39 is 5.91 Å². The summed E-state index contributed by atoms with van der Waals surface area (Å²) in [7, 11) is 0. The maximum absolute atomic E-state index is 10.9. The zero-order chi connectivity index (χ0) is 10.1. The smallest absolute Gasteiger partial charge is 0.277 e. The van der Waals surface area contributed by atoms with E-state index in [1.165, 1.54) is 16.2 Å². The van der Waals surface area contributed by atoms with Gasteiger partial charge in [-0.1, -0.05) is 6.92 Å². The van der Waals surface area contributed by atoms with Crippen LogP contribution in [-0.4, -0.2) is 28.9 Å². The van der Waals surface area contributed by atoms with Crippen LogP contribution in [-0.2, 0) is 13.0 Å². The molecular formula is C9H14ClN3OS. The molecule has 2 rings (SSSR count). The van der Waals surface area contributed by atoms with Crippen LogP contribution in [0.5, 0.6) is 0 Å². The molecule has 1 amide bonds. The molecule has 0 spiro atoms. The molecule has 0 saturated heterocycles. The number of primary amides is 1. The first-order chi connectivity index (χ1) is 6.70. The summed E-state index contributed by atoms with van der Waals surface area (Å²) >= 11 is 1.44. The molecule has 2 heterocycles. The summed E-state index contributed by atoms with van der Waals surface area (Å²) in [4.78, 5) is 18.7. The molecular weight excluding hydrogens is 234 g/mol. The summed E-state index contributed by atoms with van der Waals surface area (Å²) in [5, 5.41) is 0.452. The van der Waals surface area contributed by atoms with Gasteiger partial charge in [-0.2, -0.15) is 0 Å². The first-order valence-electron chi connectivity index (χ1n) is 4.71. The predicted octanol–water partition coefficient (Wildman–Crippen LogP) is 1.04. The van der Waals surface area contributed by atoms with E-state index in [9.17, 15) is 4.79 Å². The van der Waals surface area contributed by atoms with Crippen LogP contribution < -0.4 is 5.73 Å². The number of nitrogens with zero attached hydrogens (tertiary/aromatic N) is 2. The maximum atomic E-state index is 10.9. The third kappa shape index (κ3) is 2.48. The van der Waals surface area contributed by atoms with Gasteiger partial charge in [0.15, 0.2) is 5.01 Å². The second kappa shape index (κ2) is 4.92. The summed E-state index contributed by atoms with van der Waals surface area (Å²) < 4.78 is 0. The summed E-state index contributed by atoms with van der Waals surface area (Å²) in [6.07, 6.45) is 0.937. The highest BCUT2D eigenvalue weighted by Crippen LogP contribution is 2.24. The molecule has 84 valence electrons. The monoisotopic (exact) mass is 247 g/mol. The van der Waals surface area contributed by atoms with E-state index in [0.717, 1.165) is 31.7 Å². The second-order valence-corrected chi connectivity index (χ2v) is 4.46. The first-order valence-corrected chi connectivity index (χ1v) is 5.53. The van der Waals surface area contributed by atoms with Crippen molar-refractivity contribution in [2.45, 2.75) is 19.9 Å². The topological polar surface area (TPSA) is 59.2 Å². The second-order valence-electron chi connectivity index (χ2n) is 3.37. The number of hydrogen-bond donors (Lipinski definition) is 1. The molecule has 0 aliphatic carbocycles. The number of rotatable bonds is 2. The molecule has 0 bridgehead atoms. The molecule has 0 atom stereocenters. The van der Waals surface area contributed by atoms with E-state index in [4.69, 9.17) is 5.73 Å². The van der Waals surface area contributed by atoms with Crippen LogP contribution >= 0.6 is 23.7 Å². The van der Waals surface area contributed by atoms with Gasteiger partial charge >= 0.3 is 0 Å². The van der Waals surface area contributed by atoms with Gasteiger partial charge in [0, 0.05) is 24.4 Å². The Morgan fingerprint density at radius 3 is 3.00 bits per heavy atom. The average molecular weight is 248 g/mol. The van der Waals surface area contributed by atoms with E-state index in [0.29, 0.717) is 5.01 Å². The minimum atomic E-state index is -0.410. The van der Waals surface area contributed by atoms with Gasteiger partial charge in [0.2, 0.25) is 0 Å².